The van der Waals surface area contributed by atoms with Crippen LogP contribution in [0.2, 0.25) is 0 Å². The lowest BCUT2D eigenvalue weighted by atomic mass is 10.1. The van der Waals surface area contributed by atoms with Gasteiger partial charge in [0.05, 0.1) is 4.92 Å². The Labute approximate surface area is 117 Å². The van der Waals surface area contributed by atoms with E-state index in [1.165, 1.54) is 7.05 Å². The van der Waals surface area contributed by atoms with Gasteiger partial charge in [0.15, 0.2) is 4.90 Å². The van der Waals surface area contributed by atoms with Gasteiger partial charge in [-0.1, -0.05) is 19.9 Å². The molecule has 0 aromatic heterocycles. The van der Waals surface area contributed by atoms with Crippen molar-refractivity contribution in [3.05, 3.63) is 34.1 Å². The minimum Gasteiger partial charge on any atom is -0.258 e. The Morgan fingerprint density at radius 1 is 1.30 bits per heavy atom. The molecule has 1 rings (SSSR count). The van der Waals surface area contributed by atoms with Gasteiger partial charge >= 0.3 is 5.69 Å². The van der Waals surface area contributed by atoms with Crippen LogP contribution in [0.25, 0.3) is 0 Å². The van der Waals surface area contributed by atoms with Crippen LogP contribution in [0, 0.1) is 21.8 Å². The maximum atomic E-state index is 13.5. The molecule has 0 spiro atoms. The van der Waals surface area contributed by atoms with E-state index in [0.717, 1.165) is 22.5 Å². The molecular formula is C12H17FN2O4S. The van der Waals surface area contributed by atoms with Crippen LogP contribution in [0.4, 0.5) is 10.1 Å². The summed E-state index contributed by atoms with van der Waals surface area (Å²) in [5.41, 5.74) is -1.02. The average molecular weight is 304 g/mol. The average Bonchev–Trinajstić information content (AvgIpc) is 2.35. The SMILES string of the molecule is CC(C)C(C)N(C)S(=O)(=O)c1cccc(F)c1[N+](=O)[O-]. The Morgan fingerprint density at radius 3 is 2.30 bits per heavy atom. The smallest absolute Gasteiger partial charge is 0.258 e. The molecule has 0 aliphatic carbocycles. The summed E-state index contributed by atoms with van der Waals surface area (Å²) in [4.78, 5) is 9.25. The Bertz CT molecular complexity index is 616. The summed E-state index contributed by atoms with van der Waals surface area (Å²) >= 11 is 0. The first kappa shape index (κ1) is 16.5. The first-order valence-corrected chi connectivity index (χ1v) is 7.45. The topological polar surface area (TPSA) is 80.5 Å². The Hall–Kier alpha value is -1.54. The third-order valence-electron chi connectivity index (χ3n) is 3.33. The standard InChI is InChI=1S/C12H17FN2O4S/c1-8(2)9(3)14(4)20(18,19)11-7-5-6-10(13)12(11)15(16)17/h5-9H,1-4H3. The molecule has 8 heteroatoms. The normalized spacial score (nSPS) is 13.8. The Kier molecular flexibility index (Phi) is 4.82. The van der Waals surface area contributed by atoms with Crippen molar-refractivity contribution in [1.82, 2.24) is 4.31 Å². The fraction of sp³-hybridized carbons (Fsp3) is 0.500. The number of hydrogen-bond donors (Lipinski definition) is 0. The summed E-state index contributed by atoms with van der Waals surface area (Å²) in [5.74, 6) is -1.15. The third kappa shape index (κ3) is 2.96. The molecular weight excluding hydrogens is 287 g/mol. The van der Waals surface area contributed by atoms with Crippen molar-refractivity contribution in [2.75, 3.05) is 7.05 Å². The largest absolute Gasteiger partial charge is 0.324 e. The fourth-order valence-electron chi connectivity index (χ4n) is 1.67. The summed E-state index contributed by atoms with van der Waals surface area (Å²) in [5, 5.41) is 10.9. The number of halogens is 1. The molecule has 0 amide bonds. The molecule has 1 aromatic carbocycles. The van der Waals surface area contributed by atoms with Gasteiger partial charge in [0, 0.05) is 13.1 Å². The van der Waals surface area contributed by atoms with E-state index < -0.39 is 31.3 Å². The number of rotatable bonds is 5. The highest BCUT2D eigenvalue weighted by molar-refractivity contribution is 7.89. The zero-order valence-electron chi connectivity index (χ0n) is 11.7. The zero-order valence-corrected chi connectivity index (χ0v) is 12.5. The van der Waals surface area contributed by atoms with Crippen molar-refractivity contribution in [3.8, 4) is 0 Å². The number of para-hydroxylation sites is 1. The second-order valence-corrected chi connectivity index (χ2v) is 6.82. The number of hydrogen-bond acceptors (Lipinski definition) is 4. The van der Waals surface area contributed by atoms with Gasteiger partial charge in [-0.15, -0.1) is 0 Å². The van der Waals surface area contributed by atoms with Crippen LogP contribution in [0.15, 0.2) is 23.1 Å². The van der Waals surface area contributed by atoms with Crippen molar-refractivity contribution in [1.29, 1.82) is 0 Å². The molecule has 112 valence electrons. The van der Waals surface area contributed by atoms with E-state index in [1.807, 2.05) is 13.8 Å². The quantitative estimate of drug-likeness (QED) is 0.618. The summed E-state index contributed by atoms with van der Waals surface area (Å²) in [7, 11) is -2.80. The monoisotopic (exact) mass is 304 g/mol. The van der Waals surface area contributed by atoms with Gasteiger partial charge < -0.3 is 0 Å². The van der Waals surface area contributed by atoms with Gasteiger partial charge in [-0.05, 0) is 25.0 Å². The van der Waals surface area contributed by atoms with Crippen LogP contribution in [-0.2, 0) is 10.0 Å². The van der Waals surface area contributed by atoms with Crippen molar-refractivity contribution in [2.24, 2.45) is 5.92 Å². The lowest BCUT2D eigenvalue weighted by molar-refractivity contribution is -0.390. The first-order valence-electron chi connectivity index (χ1n) is 6.01. The minimum atomic E-state index is -4.13. The number of benzene rings is 1. The molecule has 6 nitrogen and oxygen atoms in total. The number of sulfonamides is 1. The second kappa shape index (κ2) is 5.84. The van der Waals surface area contributed by atoms with Crippen LogP contribution < -0.4 is 0 Å². The van der Waals surface area contributed by atoms with Crippen molar-refractivity contribution in [2.45, 2.75) is 31.7 Å². The third-order valence-corrected chi connectivity index (χ3v) is 5.30. The first-order chi connectivity index (χ1) is 9.10. The molecule has 1 aromatic rings. The lowest BCUT2D eigenvalue weighted by Crippen LogP contribution is -2.38. The maximum absolute atomic E-state index is 13.5. The fourth-order valence-corrected chi connectivity index (χ4v) is 3.33. The zero-order chi connectivity index (χ0) is 15.7. The highest BCUT2D eigenvalue weighted by Gasteiger charge is 2.34. The number of nitro benzene ring substituents is 1. The predicted molar refractivity (Wildman–Crippen MR) is 72.3 cm³/mol. The van der Waals surface area contributed by atoms with Crippen molar-refractivity contribution in [3.63, 3.8) is 0 Å². The van der Waals surface area contributed by atoms with E-state index in [4.69, 9.17) is 0 Å². The van der Waals surface area contributed by atoms with Gasteiger partial charge in [-0.2, -0.15) is 8.70 Å². The highest BCUT2D eigenvalue weighted by Crippen LogP contribution is 2.30. The number of nitrogens with zero attached hydrogens (tertiary/aromatic N) is 2. The van der Waals surface area contributed by atoms with Crippen LogP contribution >= 0.6 is 0 Å². The molecule has 1 atom stereocenters. The lowest BCUT2D eigenvalue weighted by Gasteiger charge is -2.27. The van der Waals surface area contributed by atoms with E-state index in [1.54, 1.807) is 6.92 Å². The van der Waals surface area contributed by atoms with Crippen molar-refractivity contribution < 1.29 is 17.7 Å². The van der Waals surface area contributed by atoms with Gasteiger partial charge in [0.25, 0.3) is 0 Å². The van der Waals surface area contributed by atoms with Crippen LogP contribution in [0.1, 0.15) is 20.8 Å². The van der Waals surface area contributed by atoms with Crippen LogP contribution in [0.3, 0.4) is 0 Å². The molecule has 0 aliphatic rings. The molecule has 0 saturated heterocycles. The van der Waals surface area contributed by atoms with Crippen molar-refractivity contribution >= 4 is 15.7 Å². The molecule has 0 aliphatic heterocycles. The molecule has 0 saturated carbocycles. The molecule has 1 unspecified atom stereocenters. The van der Waals surface area contributed by atoms with Gasteiger partial charge in [0.1, 0.15) is 0 Å². The minimum absolute atomic E-state index is 0.0161. The second-order valence-electron chi connectivity index (χ2n) is 4.85. The van der Waals surface area contributed by atoms with E-state index in [0.29, 0.717) is 0 Å². The highest BCUT2D eigenvalue weighted by atomic mass is 32.2. The summed E-state index contributed by atoms with van der Waals surface area (Å²) in [6, 6.07) is 2.68. The molecule has 20 heavy (non-hydrogen) atoms. The van der Waals surface area contributed by atoms with E-state index >= 15 is 0 Å². The Balaban J connectivity index is 3.44. The predicted octanol–water partition coefficient (Wildman–Crippen LogP) is 2.40. The van der Waals surface area contributed by atoms with Crippen LogP contribution in [0.5, 0.6) is 0 Å². The molecule has 0 N–H and O–H groups in total. The van der Waals surface area contributed by atoms with E-state index in [9.17, 15) is 22.9 Å². The maximum Gasteiger partial charge on any atom is 0.324 e. The molecule has 0 fully saturated rings. The molecule has 0 bridgehead atoms. The summed E-state index contributed by atoms with van der Waals surface area (Å²) in [6.45, 7) is 5.35. The van der Waals surface area contributed by atoms with Crippen LogP contribution in [-0.4, -0.2) is 30.7 Å². The summed E-state index contributed by atoms with van der Waals surface area (Å²) in [6.07, 6.45) is 0. The van der Waals surface area contributed by atoms with Gasteiger partial charge in [0.2, 0.25) is 15.8 Å². The molecule has 0 radical (unpaired) electrons. The number of nitro groups is 1. The van der Waals surface area contributed by atoms with Gasteiger partial charge in [-0.25, -0.2) is 8.42 Å². The van der Waals surface area contributed by atoms with E-state index in [-0.39, 0.29) is 12.0 Å². The Morgan fingerprint density at radius 2 is 1.85 bits per heavy atom. The summed E-state index contributed by atoms with van der Waals surface area (Å²) < 4.78 is 39.4. The van der Waals surface area contributed by atoms with E-state index in [2.05, 4.69) is 0 Å². The van der Waals surface area contributed by atoms with Gasteiger partial charge in [-0.3, -0.25) is 10.1 Å². The molecule has 0 heterocycles.